The van der Waals surface area contributed by atoms with Crippen LogP contribution in [0.3, 0.4) is 0 Å². The molecular formula is C46H44N2O6. The minimum atomic E-state index is -0.821. The van der Waals surface area contributed by atoms with Crippen LogP contribution in [-0.4, -0.2) is 54.7 Å². The molecule has 0 saturated heterocycles. The first-order valence-electron chi connectivity index (χ1n) is 17.7. The molecule has 1 aliphatic rings. The predicted molar refractivity (Wildman–Crippen MR) is 211 cm³/mol. The van der Waals surface area contributed by atoms with Crippen molar-refractivity contribution < 1.29 is 28.4 Å². The maximum absolute atomic E-state index is 5.78. The summed E-state index contributed by atoms with van der Waals surface area (Å²) < 4.78 is 33.8. The van der Waals surface area contributed by atoms with Crippen LogP contribution in [0.1, 0.15) is 22.3 Å². The zero-order valence-corrected chi connectivity index (χ0v) is 31.4. The molecule has 2 radical (unpaired) electrons. The third kappa shape index (κ3) is 6.17. The van der Waals surface area contributed by atoms with E-state index in [0.29, 0.717) is 0 Å². The van der Waals surface area contributed by atoms with E-state index in [4.69, 9.17) is 39.1 Å². The molecule has 0 heterocycles. The average molecular weight is 721 g/mol. The predicted octanol–water partition coefficient (Wildman–Crippen LogP) is 8.63. The third-order valence-corrected chi connectivity index (χ3v) is 10.7. The number of ether oxygens (including phenoxy) is 6. The van der Waals surface area contributed by atoms with Crippen molar-refractivity contribution in [2.24, 2.45) is 0 Å². The first kappa shape index (κ1) is 36.1. The highest BCUT2D eigenvalue weighted by atomic mass is 16.5. The van der Waals surface area contributed by atoms with Crippen LogP contribution < -0.4 is 39.1 Å². The zero-order chi connectivity index (χ0) is 37.7. The van der Waals surface area contributed by atoms with Gasteiger partial charge in [0.1, 0.15) is 34.5 Å². The van der Waals surface area contributed by atoms with Crippen LogP contribution in [0.5, 0.6) is 34.5 Å². The van der Waals surface area contributed by atoms with Crippen molar-refractivity contribution in [3.05, 3.63) is 168 Å². The van der Waals surface area contributed by atoms with Gasteiger partial charge in [0.25, 0.3) is 0 Å². The quantitative estimate of drug-likeness (QED) is 0.112. The van der Waals surface area contributed by atoms with E-state index in [9.17, 15) is 0 Å². The number of rotatable bonds is 14. The lowest BCUT2D eigenvalue weighted by Gasteiger charge is -2.68. The maximum atomic E-state index is 5.78. The molecule has 1 saturated carbocycles. The van der Waals surface area contributed by atoms with Crippen LogP contribution in [0.15, 0.2) is 146 Å². The molecule has 0 atom stereocenters. The Labute approximate surface area is 317 Å². The van der Waals surface area contributed by atoms with Crippen molar-refractivity contribution in [2.75, 3.05) is 42.7 Å². The molecule has 0 aliphatic heterocycles. The van der Waals surface area contributed by atoms with Gasteiger partial charge in [-0.2, -0.15) is 0 Å². The van der Waals surface area contributed by atoms with Gasteiger partial charge >= 0.3 is 0 Å². The summed E-state index contributed by atoms with van der Waals surface area (Å²) in [7, 11) is 10.1. The van der Waals surface area contributed by atoms with Gasteiger partial charge in [-0.05, 0) is 119 Å². The Morgan fingerprint density at radius 1 is 0.296 bits per heavy atom. The lowest BCUT2D eigenvalue weighted by Crippen LogP contribution is -2.81. The van der Waals surface area contributed by atoms with Crippen LogP contribution in [0.4, 0.5) is 11.4 Å². The Morgan fingerprint density at radius 2 is 0.481 bits per heavy atom. The first-order chi connectivity index (χ1) is 26.4. The average Bonchev–Trinajstić information content (AvgIpc) is 3.25. The zero-order valence-electron chi connectivity index (χ0n) is 31.4. The molecule has 0 aromatic heterocycles. The van der Waals surface area contributed by atoms with E-state index in [1.54, 1.807) is 42.7 Å². The Kier molecular flexibility index (Phi) is 10.3. The molecule has 0 unspecified atom stereocenters. The van der Waals surface area contributed by atoms with Gasteiger partial charge in [-0.25, -0.2) is 0 Å². The molecule has 7 rings (SSSR count). The lowest BCUT2D eigenvalue weighted by molar-refractivity contribution is 0.0450. The van der Waals surface area contributed by atoms with E-state index in [-0.39, 0.29) is 0 Å². The van der Waals surface area contributed by atoms with Gasteiger partial charge in [0, 0.05) is 0 Å². The van der Waals surface area contributed by atoms with Gasteiger partial charge in [0.15, 0.2) is 0 Å². The number of benzene rings is 6. The smallest absolute Gasteiger partial charge is 0.119 e. The normalized spacial score (nSPS) is 16.6. The summed E-state index contributed by atoms with van der Waals surface area (Å²) in [5.74, 6) is 4.53. The fraction of sp³-hybridized carbons (Fsp3) is 0.217. The summed E-state index contributed by atoms with van der Waals surface area (Å²) in [5.41, 5.74) is 4.12. The SMILES string of the molecule is COc1ccc([N]C2C(c3ccc(OC)cc3)(c3ccc(OC)cc3)C([N]c3ccc(OC)cc3)C2(c2ccc(OC)cc2)c2ccc(OC)cc2)cc1. The first-order valence-corrected chi connectivity index (χ1v) is 17.7. The molecule has 8 heteroatoms. The highest BCUT2D eigenvalue weighted by molar-refractivity contribution is 5.66. The largest absolute Gasteiger partial charge is 0.497 e. The third-order valence-electron chi connectivity index (χ3n) is 10.7. The Morgan fingerprint density at radius 3 is 0.667 bits per heavy atom. The highest BCUT2D eigenvalue weighted by Gasteiger charge is 2.75. The van der Waals surface area contributed by atoms with E-state index in [1.807, 2.05) is 97.1 Å². The number of nitrogens with zero attached hydrogens (tertiary/aromatic N) is 2. The second kappa shape index (κ2) is 15.4. The monoisotopic (exact) mass is 720 g/mol. The summed E-state index contributed by atoms with van der Waals surface area (Å²) in [6.45, 7) is 0. The Balaban J connectivity index is 1.59. The lowest BCUT2D eigenvalue weighted by atomic mass is 9.37. The summed E-state index contributed by atoms with van der Waals surface area (Å²) in [5, 5.41) is 11.6. The van der Waals surface area contributed by atoms with Gasteiger partial charge in [-0.1, -0.05) is 48.5 Å². The van der Waals surface area contributed by atoms with Crippen molar-refractivity contribution in [2.45, 2.75) is 22.9 Å². The van der Waals surface area contributed by atoms with Crippen LogP contribution in [-0.2, 0) is 10.8 Å². The second-order valence-electron chi connectivity index (χ2n) is 13.1. The van der Waals surface area contributed by atoms with Crippen LogP contribution in [0.2, 0.25) is 0 Å². The van der Waals surface area contributed by atoms with Gasteiger partial charge < -0.3 is 28.4 Å². The number of hydrogen-bond acceptors (Lipinski definition) is 6. The Bertz CT molecular complexity index is 1850. The highest BCUT2D eigenvalue weighted by Crippen LogP contribution is 2.65. The Hall–Kier alpha value is -6.28. The van der Waals surface area contributed by atoms with Crippen LogP contribution in [0, 0.1) is 0 Å². The van der Waals surface area contributed by atoms with E-state index >= 15 is 0 Å². The van der Waals surface area contributed by atoms with Crippen LogP contribution in [0.25, 0.3) is 0 Å². The fourth-order valence-electron chi connectivity index (χ4n) is 8.03. The molecule has 274 valence electrons. The van der Waals surface area contributed by atoms with Gasteiger partial charge in [-0.15, -0.1) is 0 Å². The van der Waals surface area contributed by atoms with E-state index in [0.717, 1.165) is 68.1 Å². The number of hydrogen-bond donors (Lipinski definition) is 0. The number of methoxy groups -OCH3 is 6. The summed E-state index contributed by atoms with van der Waals surface area (Å²) in [6, 6.07) is 48.1. The van der Waals surface area contributed by atoms with E-state index in [1.165, 1.54) is 0 Å². The van der Waals surface area contributed by atoms with Gasteiger partial charge in [0.05, 0.1) is 76.9 Å². The minimum absolute atomic E-state index is 0.450. The molecule has 0 spiro atoms. The topological polar surface area (TPSA) is 83.6 Å². The molecule has 8 nitrogen and oxygen atoms in total. The molecule has 1 fully saturated rings. The maximum Gasteiger partial charge on any atom is 0.119 e. The van der Waals surface area contributed by atoms with Crippen molar-refractivity contribution in [1.82, 2.24) is 10.6 Å². The summed E-state index contributed by atoms with van der Waals surface area (Å²) in [6.07, 6.45) is 0. The molecule has 54 heavy (non-hydrogen) atoms. The molecule has 6 aromatic carbocycles. The van der Waals surface area contributed by atoms with Crippen molar-refractivity contribution in [3.8, 4) is 34.5 Å². The fourth-order valence-corrected chi connectivity index (χ4v) is 8.03. The molecule has 0 N–H and O–H groups in total. The molecule has 0 bridgehead atoms. The molecule has 1 aliphatic carbocycles. The van der Waals surface area contributed by atoms with E-state index < -0.39 is 22.9 Å². The molecule has 0 amide bonds. The van der Waals surface area contributed by atoms with Gasteiger partial charge in [0.2, 0.25) is 0 Å². The van der Waals surface area contributed by atoms with Crippen molar-refractivity contribution >= 4 is 11.4 Å². The minimum Gasteiger partial charge on any atom is -0.497 e. The molecule has 6 aromatic rings. The van der Waals surface area contributed by atoms with Crippen molar-refractivity contribution in [3.63, 3.8) is 0 Å². The molecular weight excluding hydrogens is 677 g/mol. The van der Waals surface area contributed by atoms with Gasteiger partial charge in [-0.3, -0.25) is 10.6 Å². The summed E-state index contributed by atoms with van der Waals surface area (Å²) in [4.78, 5) is 0. The second-order valence-corrected chi connectivity index (χ2v) is 13.1. The standard InChI is InChI=1S/C46H44N2O6/c1-49-37-19-7-31(8-20-37)45(32-9-21-38(50-2)22-10-32)43(47-35-15-27-41(53-5)28-16-35)46(33-11-23-39(51-3)24-12-33,34-13-25-40(52-4)26-14-34)44(45)48-36-17-29-42(54-6)30-18-36/h7-30,43-44H,1-6H3. The van der Waals surface area contributed by atoms with E-state index in [2.05, 4.69) is 48.5 Å². The summed E-state index contributed by atoms with van der Waals surface area (Å²) >= 11 is 0. The van der Waals surface area contributed by atoms with Crippen molar-refractivity contribution in [1.29, 1.82) is 0 Å². The van der Waals surface area contributed by atoms with Crippen LogP contribution >= 0.6 is 0 Å².